The molecule has 0 fully saturated rings. The largest absolute Gasteiger partial charge is 0.342 e. The fourth-order valence-corrected chi connectivity index (χ4v) is 3.68. The van der Waals surface area contributed by atoms with E-state index in [0.29, 0.717) is 0 Å². The van der Waals surface area contributed by atoms with Crippen molar-refractivity contribution in [3.63, 3.8) is 0 Å². The second-order valence-electron chi connectivity index (χ2n) is 7.77. The molecule has 0 radical (unpaired) electrons. The number of pyridine rings is 1. The number of nitrogens with zero attached hydrogens (tertiary/aromatic N) is 2. The summed E-state index contributed by atoms with van der Waals surface area (Å²) in [5.74, 6) is 1.09. The maximum Gasteiger partial charge on any atom is 0.106 e. The van der Waals surface area contributed by atoms with Gasteiger partial charge in [-0.2, -0.15) is 0 Å². The average molecular weight is 376 g/mol. The minimum atomic E-state index is 0.984. The molecule has 0 amide bonds. The second kappa shape index (κ2) is 9.68. The van der Waals surface area contributed by atoms with Gasteiger partial charge in [-0.05, 0) is 62.8 Å². The summed E-state index contributed by atoms with van der Waals surface area (Å²) in [6.07, 6.45) is 11.3. The van der Waals surface area contributed by atoms with Crippen LogP contribution in [0.5, 0.6) is 0 Å². The van der Waals surface area contributed by atoms with Crippen molar-refractivity contribution in [1.82, 2.24) is 15.0 Å². The van der Waals surface area contributed by atoms with Crippen molar-refractivity contribution < 1.29 is 0 Å². The molecular formula is C25H33N3. The molecule has 0 saturated heterocycles. The van der Waals surface area contributed by atoms with Gasteiger partial charge in [0.2, 0.25) is 0 Å². The molecule has 1 N–H and O–H groups in total. The summed E-state index contributed by atoms with van der Waals surface area (Å²) in [7, 11) is 0. The first-order valence-corrected chi connectivity index (χ1v) is 10.7. The van der Waals surface area contributed by atoms with E-state index in [0.717, 1.165) is 42.0 Å². The van der Waals surface area contributed by atoms with E-state index in [2.05, 4.69) is 59.6 Å². The number of aryl methyl sites for hydroxylation is 3. The maximum atomic E-state index is 4.67. The molecule has 0 aliphatic rings. The number of hydrogen-bond acceptors (Lipinski definition) is 2. The van der Waals surface area contributed by atoms with Crippen molar-refractivity contribution >= 4 is 10.9 Å². The molecule has 148 valence electrons. The lowest BCUT2D eigenvalue weighted by atomic mass is 9.99. The minimum Gasteiger partial charge on any atom is -0.342 e. The Bertz CT molecular complexity index is 936. The van der Waals surface area contributed by atoms with E-state index < -0.39 is 0 Å². The summed E-state index contributed by atoms with van der Waals surface area (Å²) in [5, 5.41) is 1.18. The van der Waals surface area contributed by atoms with E-state index in [1.165, 1.54) is 54.2 Å². The lowest BCUT2D eigenvalue weighted by Crippen LogP contribution is -1.93. The summed E-state index contributed by atoms with van der Waals surface area (Å²) >= 11 is 0. The highest BCUT2D eigenvalue weighted by molar-refractivity contribution is 5.86. The molecule has 0 atom stereocenters. The van der Waals surface area contributed by atoms with Crippen LogP contribution in [0.25, 0.3) is 22.2 Å². The fraction of sp³-hybridized carbons (Fsp3) is 0.440. The van der Waals surface area contributed by atoms with Crippen LogP contribution >= 0.6 is 0 Å². The van der Waals surface area contributed by atoms with Crippen molar-refractivity contribution in [2.45, 2.75) is 72.1 Å². The Kier molecular flexibility index (Phi) is 7.02. The van der Waals surface area contributed by atoms with Gasteiger partial charge in [-0.3, -0.25) is 4.98 Å². The van der Waals surface area contributed by atoms with Crippen LogP contribution in [0.15, 0.2) is 42.6 Å². The fourth-order valence-electron chi connectivity index (χ4n) is 3.68. The predicted octanol–water partition coefficient (Wildman–Crippen LogP) is 6.95. The van der Waals surface area contributed by atoms with Crippen LogP contribution < -0.4 is 0 Å². The summed E-state index contributed by atoms with van der Waals surface area (Å²) in [4.78, 5) is 12.9. The molecule has 3 aromatic rings. The number of aromatic nitrogens is 3. The Labute approximate surface area is 169 Å². The highest BCUT2D eigenvalue weighted by Crippen LogP contribution is 2.28. The van der Waals surface area contributed by atoms with Crippen LogP contribution in [0.4, 0.5) is 0 Å². The van der Waals surface area contributed by atoms with Crippen LogP contribution in [0.1, 0.15) is 69.5 Å². The molecule has 2 aromatic heterocycles. The van der Waals surface area contributed by atoms with E-state index in [9.17, 15) is 0 Å². The average Bonchev–Trinajstić information content (AvgIpc) is 3.17. The lowest BCUT2D eigenvalue weighted by Gasteiger charge is -2.09. The molecule has 2 heterocycles. The molecule has 0 aliphatic heterocycles. The first kappa shape index (κ1) is 20.3. The highest BCUT2D eigenvalue weighted by atomic mass is 14.9. The third kappa shape index (κ3) is 5.09. The number of aromatic amines is 1. The van der Waals surface area contributed by atoms with E-state index in [4.69, 9.17) is 0 Å². The Hall–Kier alpha value is -2.42. The number of hydrogen-bond donors (Lipinski definition) is 1. The monoisotopic (exact) mass is 375 g/mol. The van der Waals surface area contributed by atoms with Gasteiger partial charge in [0.25, 0.3) is 0 Å². The number of nitrogens with one attached hydrogen (secondary N) is 1. The van der Waals surface area contributed by atoms with Gasteiger partial charge in [0, 0.05) is 23.1 Å². The minimum absolute atomic E-state index is 0.984. The second-order valence-corrected chi connectivity index (χ2v) is 7.77. The number of benzene rings is 1. The number of unbranched alkanes of at least 4 members (excludes halogenated alkanes) is 3. The lowest BCUT2D eigenvalue weighted by molar-refractivity contribution is 0.627. The number of rotatable bonds is 10. The van der Waals surface area contributed by atoms with Gasteiger partial charge in [0.05, 0.1) is 17.4 Å². The van der Waals surface area contributed by atoms with Gasteiger partial charge in [-0.25, -0.2) is 4.98 Å². The molecule has 0 unspecified atom stereocenters. The Morgan fingerprint density at radius 1 is 1.07 bits per heavy atom. The zero-order valence-electron chi connectivity index (χ0n) is 17.6. The van der Waals surface area contributed by atoms with Gasteiger partial charge < -0.3 is 4.98 Å². The Balaban J connectivity index is 1.63. The SMILES string of the molecule is C=C(CC)CCCCCCc1ncc(-c2cc3ccc(C)nc3cc2CC)[nH]1. The molecule has 28 heavy (non-hydrogen) atoms. The predicted molar refractivity (Wildman–Crippen MR) is 120 cm³/mol. The molecule has 3 nitrogen and oxygen atoms in total. The van der Waals surface area contributed by atoms with Gasteiger partial charge in [-0.1, -0.05) is 44.9 Å². The van der Waals surface area contributed by atoms with Crippen LogP contribution in [0, 0.1) is 6.92 Å². The highest BCUT2D eigenvalue weighted by Gasteiger charge is 2.10. The summed E-state index contributed by atoms with van der Waals surface area (Å²) < 4.78 is 0. The summed E-state index contributed by atoms with van der Waals surface area (Å²) in [6, 6.07) is 8.71. The zero-order chi connectivity index (χ0) is 19.9. The normalized spacial score (nSPS) is 11.2. The molecular weight excluding hydrogens is 342 g/mol. The van der Waals surface area contributed by atoms with E-state index in [1.54, 1.807) is 0 Å². The molecule has 0 bridgehead atoms. The quantitative estimate of drug-likeness (QED) is 0.307. The van der Waals surface area contributed by atoms with Crippen LogP contribution in [-0.2, 0) is 12.8 Å². The molecule has 1 aromatic carbocycles. The topological polar surface area (TPSA) is 41.6 Å². The number of allylic oxidation sites excluding steroid dienone is 1. The van der Waals surface area contributed by atoms with Crippen LogP contribution in [-0.4, -0.2) is 15.0 Å². The number of H-pyrrole nitrogens is 1. The zero-order valence-corrected chi connectivity index (χ0v) is 17.6. The standard InChI is InChI=1S/C25H33N3/c1-5-18(3)11-9-7-8-10-12-25-26-17-24(28-25)22-15-21-14-13-19(4)27-23(21)16-20(22)6-2/h13-17H,3,5-12H2,1-2,4H3,(H,26,28). The third-order valence-corrected chi connectivity index (χ3v) is 5.55. The summed E-state index contributed by atoms with van der Waals surface area (Å²) in [6.45, 7) is 10.5. The smallest absolute Gasteiger partial charge is 0.106 e. The van der Waals surface area contributed by atoms with Gasteiger partial charge in [0.15, 0.2) is 0 Å². The molecule has 0 spiro atoms. The molecule has 0 aliphatic carbocycles. The Morgan fingerprint density at radius 3 is 2.68 bits per heavy atom. The van der Waals surface area contributed by atoms with Crippen molar-refractivity contribution in [1.29, 1.82) is 0 Å². The van der Waals surface area contributed by atoms with E-state index >= 15 is 0 Å². The van der Waals surface area contributed by atoms with Crippen molar-refractivity contribution in [3.05, 3.63) is 59.7 Å². The van der Waals surface area contributed by atoms with Crippen LogP contribution in [0.2, 0.25) is 0 Å². The van der Waals surface area contributed by atoms with Gasteiger partial charge in [0.1, 0.15) is 5.82 Å². The first-order chi connectivity index (χ1) is 13.6. The van der Waals surface area contributed by atoms with Crippen LogP contribution in [0.3, 0.4) is 0 Å². The molecule has 0 saturated carbocycles. The number of fused-ring (bicyclic) bond motifs is 1. The van der Waals surface area contributed by atoms with E-state index in [-0.39, 0.29) is 0 Å². The Morgan fingerprint density at radius 2 is 1.89 bits per heavy atom. The van der Waals surface area contributed by atoms with Gasteiger partial charge >= 0.3 is 0 Å². The molecule has 3 heteroatoms. The summed E-state index contributed by atoms with van der Waals surface area (Å²) in [5.41, 5.74) is 7.20. The van der Waals surface area contributed by atoms with Crippen molar-refractivity contribution in [2.75, 3.05) is 0 Å². The van der Waals surface area contributed by atoms with Crippen molar-refractivity contribution in [3.8, 4) is 11.3 Å². The third-order valence-electron chi connectivity index (χ3n) is 5.55. The van der Waals surface area contributed by atoms with Crippen molar-refractivity contribution in [2.24, 2.45) is 0 Å². The number of imidazole rings is 1. The van der Waals surface area contributed by atoms with E-state index in [1.807, 2.05) is 13.1 Å². The molecule has 3 rings (SSSR count). The first-order valence-electron chi connectivity index (χ1n) is 10.7. The van der Waals surface area contributed by atoms with Gasteiger partial charge in [-0.15, -0.1) is 0 Å². The maximum absolute atomic E-state index is 4.67.